The number of hydrazine groups is 1. The first-order chi connectivity index (χ1) is 7.90. The van der Waals surface area contributed by atoms with E-state index in [1.807, 2.05) is 10.9 Å². The summed E-state index contributed by atoms with van der Waals surface area (Å²) in [5.74, 6) is -0.685. The van der Waals surface area contributed by atoms with Crippen LogP contribution in [0, 0.1) is 17.0 Å². The van der Waals surface area contributed by atoms with Crippen molar-refractivity contribution in [2.24, 2.45) is 5.73 Å². The Morgan fingerprint density at radius 1 is 1.29 bits per heavy atom. The Morgan fingerprint density at radius 2 is 1.94 bits per heavy atom. The molecular formula is C9H10N4O4. The van der Waals surface area contributed by atoms with Gasteiger partial charge in [0.2, 0.25) is 0 Å². The number of hydrogen-bond donors (Lipinski definition) is 3. The summed E-state index contributed by atoms with van der Waals surface area (Å²) in [5.41, 5.74) is 9.06. The summed E-state index contributed by atoms with van der Waals surface area (Å²) < 4.78 is 0. The van der Waals surface area contributed by atoms with Crippen molar-refractivity contribution < 1.29 is 14.5 Å². The standard InChI is InChI=1S/C9H10N4O4/c1-5-2-6(4-7(3-5)13(16)17)8(14)11-12-9(10)15/h2-4H,1H3,(H,11,14)(H3,10,12,15). The third-order valence-electron chi connectivity index (χ3n) is 1.83. The van der Waals surface area contributed by atoms with Crippen LogP contribution in [0.5, 0.6) is 0 Å². The first-order valence-corrected chi connectivity index (χ1v) is 4.52. The van der Waals surface area contributed by atoms with E-state index < -0.39 is 16.9 Å². The van der Waals surface area contributed by atoms with Crippen LogP contribution in [0.15, 0.2) is 18.2 Å². The maximum atomic E-state index is 11.5. The van der Waals surface area contributed by atoms with Gasteiger partial charge < -0.3 is 5.73 Å². The molecule has 3 amide bonds. The lowest BCUT2D eigenvalue weighted by Gasteiger charge is -2.05. The third kappa shape index (κ3) is 3.45. The lowest BCUT2D eigenvalue weighted by atomic mass is 10.1. The highest BCUT2D eigenvalue weighted by atomic mass is 16.6. The molecule has 8 heteroatoms. The summed E-state index contributed by atoms with van der Waals surface area (Å²) in [6.45, 7) is 1.62. The lowest BCUT2D eigenvalue weighted by molar-refractivity contribution is -0.384. The zero-order chi connectivity index (χ0) is 13.0. The van der Waals surface area contributed by atoms with E-state index >= 15 is 0 Å². The third-order valence-corrected chi connectivity index (χ3v) is 1.83. The smallest absolute Gasteiger partial charge is 0.330 e. The quantitative estimate of drug-likeness (QED) is 0.502. The maximum absolute atomic E-state index is 11.5. The number of nitro benzene ring substituents is 1. The van der Waals surface area contributed by atoms with Gasteiger partial charge in [-0.25, -0.2) is 10.2 Å². The Kier molecular flexibility index (Phi) is 3.60. The van der Waals surface area contributed by atoms with Crippen molar-refractivity contribution in [3.8, 4) is 0 Å². The van der Waals surface area contributed by atoms with Crippen LogP contribution < -0.4 is 16.6 Å². The summed E-state index contributed by atoms with van der Waals surface area (Å²) in [7, 11) is 0. The second-order valence-electron chi connectivity index (χ2n) is 3.26. The number of nitrogens with two attached hydrogens (primary N) is 1. The molecule has 0 aliphatic heterocycles. The number of rotatable bonds is 2. The molecule has 8 nitrogen and oxygen atoms in total. The molecule has 0 unspecified atom stereocenters. The Hall–Kier alpha value is -2.64. The number of primary amides is 1. The fourth-order valence-electron chi connectivity index (χ4n) is 1.19. The summed E-state index contributed by atoms with van der Waals surface area (Å²) in [5, 5.41) is 10.6. The predicted octanol–water partition coefficient (Wildman–Crippen LogP) is 0.216. The number of nitro groups is 1. The number of urea groups is 1. The zero-order valence-electron chi connectivity index (χ0n) is 8.89. The van der Waals surface area contributed by atoms with Crippen molar-refractivity contribution in [1.29, 1.82) is 0 Å². The number of hydrogen-bond acceptors (Lipinski definition) is 4. The molecule has 0 saturated heterocycles. The largest absolute Gasteiger partial charge is 0.350 e. The molecule has 90 valence electrons. The molecule has 0 fully saturated rings. The molecule has 0 spiro atoms. The molecule has 0 atom stereocenters. The van der Waals surface area contributed by atoms with Gasteiger partial charge in [-0.15, -0.1) is 0 Å². The average Bonchev–Trinajstić information content (AvgIpc) is 2.24. The van der Waals surface area contributed by atoms with Crippen molar-refractivity contribution in [2.75, 3.05) is 0 Å². The van der Waals surface area contributed by atoms with E-state index in [-0.39, 0.29) is 11.3 Å². The second kappa shape index (κ2) is 4.92. The minimum Gasteiger partial charge on any atom is -0.350 e. The van der Waals surface area contributed by atoms with Crippen molar-refractivity contribution in [3.05, 3.63) is 39.4 Å². The highest BCUT2D eigenvalue weighted by Crippen LogP contribution is 2.16. The van der Waals surface area contributed by atoms with E-state index in [1.54, 1.807) is 6.92 Å². The number of aryl methyl sites for hydroxylation is 1. The fourth-order valence-corrected chi connectivity index (χ4v) is 1.19. The number of non-ortho nitro benzene ring substituents is 1. The molecule has 0 aliphatic rings. The number of benzene rings is 1. The van der Waals surface area contributed by atoms with Gasteiger partial charge in [0.25, 0.3) is 11.6 Å². The number of carbonyl (C=O) groups excluding carboxylic acids is 2. The summed E-state index contributed by atoms with van der Waals surface area (Å²) >= 11 is 0. The van der Waals surface area contributed by atoms with Crippen molar-refractivity contribution in [1.82, 2.24) is 10.9 Å². The molecule has 0 aromatic heterocycles. The van der Waals surface area contributed by atoms with Crippen LogP contribution >= 0.6 is 0 Å². The van der Waals surface area contributed by atoms with Crippen LogP contribution in [-0.4, -0.2) is 16.9 Å². The van der Waals surface area contributed by atoms with Crippen LogP contribution in [0.3, 0.4) is 0 Å². The Bertz CT molecular complexity index is 486. The van der Waals surface area contributed by atoms with Crippen LogP contribution in [0.4, 0.5) is 10.5 Å². The molecule has 1 aromatic rings. The number of nitrogens with one attached hydrogen (secondary N) is 2. The number of nitrogens with zero attached hydrogens (tertiary/aromatic N) is 1. The Morgan fingerprint density at radius 3 is 2.47 bits per heavy atom. The van der Waals surface area contributed by atoms with Gasteiger partial charge >= 0.3 is 6.03 Å². The summed E-state index contributed by atoms with van der Waals surface area (Å²) in [6, 6.07) is 2.95. The second-order valence-corrected chi connectivity index (χ2v) is 3.26. The first kappa shape index (κ1) is 12.4. The summed E-state index contributed by atoms with van der Waals surface area (Å²) in [4.78, 5) is 31.8. The number of amides is 3. The molecule has 17 heavy (non-hydrogen) atoms. The van der Waals surface area contributed by atoms with Crippen molar-refractivity contribution in [3.63, 3.8) is 0 Å². The van der Waals surface area contributed by atoms with Gasteiger partial charge in [-0.1, -0.05) is 0 Å². The molecule has 0 bridgehead atoms. The molecule has 1 aromatic carbocycles. The molecule has 0 aliphatic carbocycles. The summed E-state index contributed by atoms with van der Waals surface area (Å²) in [6.07, 6.45) is 0. The highest BCUT2D eigenvalue weighted by Gasteiger charge is 2.13. The predicted molar refractivity (Wildman–Crippen MR) is 58.0 cm³/mol. The van der Waals surface area contributed by atoms with Crippen molar-refractivity contribution >= 4 is 17.6 Å². The molecule has 1 rings (SSSR count). The Balaban J connectivity index is 2.93. The van der Waals surface area contributed by atoms with E-state index in [4.69, 9.17) is 5.73 Å². The molecule has 0 saturated carbocycles. The van der Waals surface area contributed by atoms with E-state index in [0.717, 1.165) is 6.07 Å². The lowest BCUT2D eigenvalue weighted by Crippen LogP contribution is -2.44. The van der Waals surface area contributed by atoms with Crippen LogP contribution in [0.1, 0.15) is 15.9 Å². The average molecular weight is 238 g/mol. The van der Waals surface area contributed by atoms with Gasteiger partial charge in [-0.2, -0.15) is 0 Å². The van der Waals surface area contributed by atoms with Gasteiger partial charge in [0, 0.05) is 17.7 Å². The van der Waals surface area contributed by atoms with Crippen LogP contribution in [-0.2, 0) is 0 Å². The normalized spacial score (nSPS) is 9.47. The molecule has 0 radical (unpaired) electrons. The maximum Gasteiger partial charge on any atom is 0.330 e. The van der Waals surface area contributed by atoms with Gasteiger partial charge in [0.15, 0.2) is 0 Å². The SMILES string of the molecule is Cc1cc(C(=O)NNC(N)=O)cc([N+](=O)[O-])c1. The van der Waals surface area contributed by atoms with Gasteiger partial charge in [0.05, 0.1) is 4.92 Å². The van der Waals surface area contributed by atoms with Gasteiger partial charge in [-0.3, -0.25) is 20.3 Å². The minimum absolute atomic E-state index is 0.0606. The van der Waals surface area contributed by atoms with Crippen molar-refractivity contribution in [2.45, 2.75) is 6.92 Å². The van der Waals surface area contributed by atoms with Gasteiger partial charge in [-0.05, 0) is 18.6 Å². The van der Waals surface area contributed by atoms with E-state index in [0.29, 0.717) is 5.56 Å². The van der Waals surface area contributed by atoms with E-state index in [1.165, 1.54) is 12.1 Å². The highest BCUT2D eigenvalue weighted by molar-refractivity contribution is 5.95. The minimum atomic E-state index is -0.930. The van der Waals surface area contributed by atoms with Gasteiger partial charge in [0.1, 0.15) is 0 Å². The number of carbonyl (C=O) groups is 2. The first-order valence-electron chi connectivity index (χ1n) is 4.52. The van der Waals surface area contributed by atoms with Crippen LogP contribution in [0.25, 0.3) is 0 Å². The van der Waals surface area contributed by atoms with E-state index in [9.17, 15) is 19.7 Å². The van der Waals surface area contributed by atoms with Crippen LogP contribution in [0.2, 0.25) is 0 Å². The molecular weight excluding hydrogens is 228 g/mol. The topological polar surface area (TPSA) is 127 Å². The monoisotopic (exact) mass is 238 g/mol. The zero-order valence-corrected chi connectivity index (χ0v) is 8.89. The van der Waals surface area contributed by atoms with E-state index in [2.05, 4.69) is 0 Å². The molecule has 4 N–H and O–H groups in total. The molecule has 0 heterocycles. The Labute approximate surface area is 95.9 Å². The fraction of sp³-hybridized carbons (Fsp3) is 0.111.